The number of rotatable bonds is 1. The number of H-pyrrole nitrogens is 1. The van der Waals surface area contributed by atoms with E-state index >= 15 is 0 Å². The van der Waals surface area contributed by atoms with Gasteiger partial charge in [-0.15, -0.1) is 0 Å². The number of imidazole rings is 1. The van der Waals surface area contributed by atoms with Gasteiger partial charge in [0.05, 0.1) is 18.6 Å². The number of anilines is 1. The van der Waals surface area contributed by atoms with Gasteiger partial charge in [-0.25, -0.2) is 24.9 Å². The van der Waals surface area contributed by atoms with E-state index in [4.69, 9.17) is 0 Å². The van der Waals surface area contributed by atoms with Gasteiger partial charge in [-0.3, -0.25) is 0 Å². The minimum Gasteiger partial charge on any atom is -0.348 e. The van der Waals surface area contributed by atoms with Crippen molar-refractivity contribution in [3.05, 3.63) is 36.4 Å². The van der Waals surface area contributed by atoms with E-state index in [1.165, 1.54) is 5.56 Å². The summed E-state index contributed by atoms with van der Waals surface area (Å²) in [6, 6.07) is 0. The lowest BCUT2D eigenvalue weighted by molar-refractivity contribution is 0.696. The lowest BCUT2D eigenvalue weighted by atomic mass is 10.1. The third kappa shape index (κ3) is 1.62. The summed E-state index contributed by atoms with van der Waals surface area (Å²) in [5.74, 6) is 0.881. The zero-order chi connectivity index (χ0) is 12.7. The van der Waals surface area contributed by atoms with Crippen molar-refractivity contribution in [3.63, 3.8) is 0 Å². The summed E-state index contributed by atoms with van der Waals surface area (Å²) in [5.41, 5.74) is 3.85. The van der Waals surface area contributed by atoms with Gasteiger partial charge < -0.3 is 9.88 Å². The van der Waals surface area contributed by atoms with Gasteiger partial charge in [-0.2, -0.15) is 0 Å². The number of hydrogen-bond acceptors (Lipinski definition) is 6. The molecule has 0 amide bonds. The molecule has 0 radical (unpaired) electrons. The lowest BCUT2D eigenvalue weighted by Gasteiger charge is -2.28. The first kappa shape index (κ1) is 10.4. The van der Waals surface area contributed by atoms with Crippen LogP contribution in [0.3, 0.4) is 0 Å². The molecular formula is C12H11N7. The summed E-state index contributed by atoms with van der Waals surface area (Å²) in [7, 11) is 0. The van der Waals surface area contributed by atoms with Gasteiger partial charge >= 0.3 is 0 Å². The maximum Gasteiger partial charge on any atom is 0.182 e. The molecule has 0 saturated heterocycles. The number of nitrogens with zero attached hydrogens (tertiary/aromatic N) is 6. The van der Waals surface area contributed by atoms with Gasteiger partial charge in [0.15, 0.2) is 11.5 Å². The van der Waals surface area contributed by atoms with E-state index in [2.05, 4.69) is 34.8 Å². The van der Waals surface area contributed by atoms with Crippen molar-refractivity contribution in [2.45, 2.75) is 13.0 Å². The van der Waals surface area contributed by atoms with Gasteiger partial charge in [0.1, 0.15) is 18.2 Å². The molecule has 0 fully saturated rings. The molecule has 4 heterocycles. The molecule has 7 nitrogen and oxygen atoms in total. The second-order valence-corrected chi connectivity index (χ2v) is 4.46. The van der Waals surface area contributed by atoms with E-state index in [1.54, 1.807) is 19.0 Å². The van der Waals surface area contributed by atoms with Crippen LogP contribution in [0.25, 0.3) is 11.2 Å². The van der Waals surface area contributed by atoms with Crippen LogP contribution >= 0.6 is 0 Å². The molecule has 4 rings (SSSR count). The minimum atomic E-state index is 0.693. The summed E-state index contributed by atoms with van der Waals surface area (Å²) in [4.78, 5) is 26.4. The third-order valence-electron chi connectivity index (χ3n) is 3.38. The van der Waals surface area contributed by atoms with Crippen LogP contribution in [0.1, 0.15) is 11.3 Å². The van der Waals surface area contributed by atoms with E-state index in [1.807, 2.05) is 6.20 Å². The highest BCUT2D eigenvalue weighted by atomic mass is 15.2. The van der Waals surface area contributed by atoms with Gasteiger partial charge in [0.25, 0.3) is 0 Å². The molecule has 94 valence electrons. The van der Waals surface area contributed by atoms with Gasteiger partial charge in [-0.1, -0.05) is 0 Å². The van der Waals surface area contributed by atoms with E-state index in [-0.39, 0.29) is 0 Å². The van der Waals surface area contributed by atoms with E-state index in [9.17, 15) is 0 Å². The molecule has 1 aliphatic rings. The van der Waals surface area contributed by atoms with Crippen LogP contribution in [0, 0.1) is 0 Å². The highest BCUT2D eigenvalue weighted by Crippen LogP contribution is 2.25. The molecule has 0 atom stereocenters. The van der Waals surface area contributed by atoms with Crippen LogP contribution in [0.5, 0.6) is 0 Å². The standard InChI is InChI=1S/C12H11N7/c1-2-19(4-9-8(1)3-13-5-14-9)12-10-11(16-6-15-10)17-7-18-12/h3,5-7H,1-2,4H2,(H,15,16,17,18). The molecule has 3 aromatic rings. The molecule has 7 heteroatoms. The molecule has 0 unspecified atom stereocenters. The molecule has 1 aliphatic heterocycles. The van der Waals surface area contributed by atoms with Crippen molar-refractivity contribution in [2.24, 2.45) is 0 Å². The first-order valence-electron chi connectivity index (χ1n) is 6.08. The Hall–Kier alpha value is -2.57. The predicted molar refractivity (Wildman–Crippen MR) is 68.5 cm³/mol. The average Bonchev–Trinajstić information content (AvgIpc) is 2.95. The Morgan fingerprint density at radius 2 is 2.11 bits per heavy atom. The second-order valence-electron chi connectivity index (χ2n) is 4.46. The highest BCUT2D eigenvalue weighted by molar-refractivity contribution is 5.82. The number of hydrogen-bond donors (Lipinski definition) is 1. The zero-order valence-corrected chi connectivity index (χ0v) is 10.1. The Morgan fingerprint density at radius 3 is 3.11 bits per heavy atom. The van der Waals surface area contributed by atoms with Crippen LogP contribution in [0.15, 0.2) is 25.2 Å². The van der Waals surface area contributed by atoms with Gasteiger partial charge in [-0.05, 0) is 12.0 Å². The molecule has 0 aliphatic carbocycles. The maximum atomic E-state index is 4.38. The first-order valence-corrected chi connectivity index (χ1v) is 6.08. The predicted octanol–water partition coefficient (Wildman–Crippen LogP) is 0.706. The molecule has 0 saturated carbocycles. The van der Waals surface area contributed by atoms with Crippen molar-refractivity contribution in [3.8, 4) is 0 Å². The van der Waals surface area contributed by atoms with Crippen molar-refractivity contribution in [2.75, 3.05) is 11.4 Å². The summed E-state index contributed by atoms with van der Waals surface area (Å²) >= 11 is 0. The van der Waals surface area contributed by atoms with Crippen molar-refractivity contribution in [1.82, 2.24) is 29.9 Å². The fraction of sp³-hybridized carbons (Fsp3) is 0.250. The quantitative estimate of drug-likeness (QED) is 0.687. The van der Waals surface area contributed by atoms with E-state index in [0.29, 0.717) is 5.65 Å². The Balaban J connectivity index is 1.77. The third-order valence-corrected chi connectivity index (χ3v) is 3.38. The van der Waals surface area contributed by atoms with Gasteiger partial charge in [0, 0.05) is 12.7 Å². The smallest absolute Gasteiger partial charge is 0.182 e. The summed E-state index contributed by atoms with van der Waals surface area (Å²) < 4.78 is 0. The largest absolute Gasteiger partial charge is 0.348 e. The van der Waals surface area contributed by atoms with Crippen molar-refractivity contribution in [1.29, 1.82) is 0 Å². The normalized spacial score (nSPS) is 14.6. The Labute approximate surface area is 108 Å². The maximum absolute atomic E-state index is 4.38. The molecular weight excluding hydrogens is 242 g/mol. The summed E-state index contributed by atoms with van der Waals surface area (Å²) in [5, 5.41) is 0. The second kappa shape index (κ2) is 3.98. The number of fused-ring (bicyclic) bond motifs is 2. The Morgan fingerprint density at radius 1 is 1.11 bits per heavy atom. The number of aromatic amines is 1. The Bertz CT molecular complexity index is 736. The van der Waals surface area contributed by atoms with Crippen LogP contribution < -0.4 is 4.90 Å². The van der Waals surface area contributed by atoms with E-state index < -0.39 is 0 Å². The monoisotopic (exact) mass is 253 g/mol. The van der Waals surface area contributed by atoms with E-state index in [0.717, 1.165) is 36.5 Å². The fourth-order valence-electron chi connectivity index (χ4n) is 2.42. The van der Waals surface area contributed by atoms with Crippen molar-refractivity contribution < 1.29 is 0 Å². The van der Waals surface area contributed by atoms with Crippen molar-refractivity contribution >= 4 is 17.0 Å². The van der Waals surface area contributed by atoms with Crippen LogP contribution in [-0.4, -0.2) is 36.4 Å². The lowest BCUT2D eigenvalue weighted by Crippen LogP contribution is -2.32. The highest BCUT2D eigenvalue weighted by Gasteiger charge is 2.21. The topological polar surface area (TPSA) is 83.5 Å². The number of aromatic nitrogens is 6. The average molecular weight is 253 g/mol. The molecule has 19 heavy (non-hydrogen) atoms. The van der Waals surface area contributed by atoms with Crippen LogP contribution in [0.2, 0.25) is 0 Å². The zero-order valence-electron chi connectivity index (χ0n) is 10.1. The first-order chi connectivity index (χ1) is 9.42. The Kier molecular flexibility index (Phi) is 2.17. The minimum absolute atomic E-state index is 0.693. The molecule has 1 N–H and O–H groups in total. The van der Waals surface area contributed by atoms with Crippen LogP contribution in [0.4, 0.5) is 5.82 Å². The SMILES string of the molecule is c1ncc2c(n1)CN(c1ncnc3nc[nH]c13)CC2. The molecule has 0 spiro atoms. The fourth-order valence-corrected chi connectivity index (χ4v) is 2.42. The summed E-state index contributed by atoms with van der Waals surface area (Å²) in [6.07, 6.45) is 7.60. The van der Waals surface area contributed by atoms with Crippen LogP contribution in [-0.2, 0) is 13.0 Å². The molecule has 0 aromatic carbocycles. The molecule has 0 bridgehead atoms. The molecule has 3 aromatic heterocycles. The number of nitrogens with one attached hydrogen (secondary N) is 1. The van der Waals surface area contributed by atoms with Gasteiger partial charge in [0.2, 0.25) is 0 Å². The summed E-state index contributed by atoms with van der Waals surface area (Å²) in [6.45, 7) is 1.63.